The SMILES string of the molecule is CNC(=O)c1ccc(Nc2ncnc3c2OCCN3C2CCN(C(=O)O)CC2)c(Cl)c1. The van der Waals surface area contributed by atoms with Crippen molar-refractivity contribution in [3.63, 3.8) is 0 Å². The molecule has 0 unspecified atom stereocenters. The maximum Gasteiger partial charge on any atom is 0.407 e. The van der Waals surface area contributed by atoms with Crippen LogP contribution in [0.3, 0.4) is 0 Å². The number of aromatic nitrogens is 2. The third-order valence-electron chi connectivity index (χ3n) is 5.52. The molecule has 0 saturated carbocycles. The first kappa shape index (κ1) is 21.0. The summed E-state index contributed by atoms with van der Waals surface area (Å²) in [5, 5.41) is 15.3. The number of carbonyl (C=O) groups excluding carboxylic acids is 1. The minimum absolute atomic E-state index is 0.177. The Hall–Kier alpha value is -3.27. The average molecular weight is 447 g/mol. The maximum absolute atomic E-state index is 11.8. The minimum atomic E-state index is -0.881. The lowest BCUT2D eigenvalue weighted by atomic mass is 10.0. The van der Waals surface area contributed by atoms with Crippen molar-refractivity contribution in [2.24, 2.45) is 0 Å². The van der Waals surface area contributed by atoms with Crippen LogP contribution in [-0.4, -0.2) is 71.3 Å². The summed E-state index contributed by atoms with van der Waals surface area (Å²) in [4.78, 5) is 35.4. The highest BCUT2D eigenvalue weighted by atomic mass is 35.5. The Kier molecular flexibility index (Phi) is 5.99. The van der Waals surface area contributed by atoms with E-state index in [-0.39, 0.29) is 11.9 Å². The van der Waals surface area contributed by atoms with Gasteiger partial charge in [0.05, 0.1) is 17.3 Å². The Balaban J connectivity index is 1.55. The molecule has 1 saturated heterocycles. The van der Waals surface area contributed by atoms with E-state index in [2.05, 4.69) is 25.5 Å². The van der Waals surface area contributed by atoms with Gasteiger partial charge >= 0.3 is 6.09 Å². The lowest BCUT2D eigenvalue weighted by Gasteiger charge is -2.40. The molecule has 0 bridgehead atoms. The van der Waals surface area contributed by atoms with Crippen LogP contribution in [-0.2, 0) is 0 Å². The normalized spacial score (nSPS) is 16.3. The van der Waals surface area contributed by atoms with E-state index in [9.17, 15) is 14.7 Å². The predicted octanol–water partition coefficient (Wildman–Crippen LogP) is 2.57. The molecule has 1 aromatic carbocycles. The monoisotopic (exact) mass is 446 g/mol. The van der Waals surface area contributed by atoms with Crippen LogP contribution in [0.2, 0.25) is 5.02 Å². The molecule has 11 heteroatoms. The van der Waals surface area contributed by atoms with E-state index in [1.54, 1.807) is 25.2 Å². The fourth-order valence-corrected chi connectivity index (χ4v) is 4.12. The number of benzene rings is 1. The third-order valence-corrected chi connectivity index (χ3v) is 5.84. The first-order valence-corrected chi connectivity index (χ1v) is 10.4. The second kappa shape index (κ2) is 8.84. The first-order chi connectivity index (χ1) is 15.0. The van der Waals surface area contributed by atoms with Crippen molar-refractivity contribution in [1.82, 2.24) is 20.2 Å². The number of rotatable bonds is 4. The van der Waals surface area contributed by atoms with Crippen LogP contribution in [0.15, 0.2) is 24.5 Å². The molecule has 2 aromatic rings. The number of carbonyl (C=O) groups is 2. The molecule has 2 aliphatic rings. The van der Waals surface area contributed by atoms with E-state index in [1.165, 1.54) is 11.2 Å². The fraction of sp³-hybridized carbons (Fsp3) is 0.400. The minimum Gasteiger partial charge on any atom is -0.485 e. The van der Waals surface area contributed by atoms with Crippen LogP contribution in [0.25, 0.3) is 0 Å². The number of ether oxygens (including phenoxy) is 1. The zero-order valence-corrected chi connectivity index (χ0v) is 17.7. The van der Waals surface area contributed by atoms with Gasteiger partial charge in [-0.05, 0) is 31.0 Å². The second-order valence-electron chi connectivity index (χ2n) is 7.32. The quantitative estimate of drug-likeness (QED) is 0.655. The van der Waals surface area contributed by atoms with Gasteiger partial charge in [-0.3, -0.25) is 4.79 Å². The number of fused-ring (bicyclic) bond motifs is 1. The van der Waals surface area contributed by atoms with Gasteiger partial charge in [0.15, 0.2) is 11.6 Å². The first-order valence-electron chi connectivity index (χ1n) is 9.99. The molecule has 0 radical (unpaired) electrons. The van der Waals surface area contributed by atoms with E-state index < -0.39 is 6.09 Å². The van der Waals surface area contributed by atoms with Crippen LogP contribution >= 0.6 is 11.6 Å². The van der Waals surface area contributed by atoms with Crippen LogP contribution in [0, 0.1) is 0 Å². The van der Waals surface area contributed by atoms with E-state index in [1.807, 2.05) is 0 Å². The van der Waals surface area contributed by atoms with E-state index in [0.717, 1.165) is 12.8 Å². The smallest absolute Gasteiger partial charge is 0.407 e. The molecule has 2 amide bonds. The number of nitrogens with zero attached hydrogens (tertiary/aromatic N) is 4. The molecular formula is C20H23ClN6O4. The molecule has 0 spiro atoms. The highest BCUT2D eigenvalue weighted by Crippen LogP contribution is 2.39. The van der Waals surface area contributed by atoms with Crippen molar-refractivity contribution in [2.45, 2.75) is 18.9 Å². The van der Waals surface area contributed by atoms with Crippen molar-refractivity contribution >= 4 is 40.9 Å². The molecular weight excluding hydrogens is 424 g/mol. The molecule has 4 rings (SSSR count). The summed E-state index contributed by atoms with van der Waals surface area (Å²) in [5.74, 6) is 1.46. The number of anilines is 3. The van der Waals surface area contributed by atoms with E-state index in [0.29, 0.717) is 59.9 Å². The Morgan fingerprint density at radius 3 is 2.68 bits per heavy atom. The van der Waals surface area contributed by atoms with Crippen molar-refractivity contribution in [1.29, 1.82) is 0 Å². The molecule has 0 atom stereocenters. The third kappa shape index (κ3) is 4.29. The molecule has 31 heavy (non-hydrogen) atoms. The topological polar surface area (TPSA) is 120 Å². The number of likely N-dealkylation sites (tertiary alicyclic amines) is 1. The van der Waals surface area contributed by atoms with Crippen molar-refractivity contribution in [3.8, 4) is 5.75 Å². The van der Waals surface area contributed by atoms with Crippen LogP contribution in [0.4, 0.5) is 22.1 Å². The number of halogens is 1. The maximum atomic E-state index is 11.8. The second-order valence-corrected chi connectivity index (χ2v) is 7.72. The summed E-state index contributed by atoms with van der Waals surface area (Å²) in [6, 6.07) is 5.14. The Bertz CT molecular complexity index is 996. The van der Waals surface area contributed by atoms with Crippen LogP contribution < -0.4 is 20.3 Å². The lowest BCUT2D eigenvalue weighted by Crippen LogP contribution is -2.49. The largest absolute Gasteiger partial charge is 0.485 e. The summed E-state index contributed by atoms with van der Waals surface area (Å²) in [7, 11) is 1.56. The Morgan fingerprint density at radius 1 is 1.23 bits per heavy atom. The van der Waals surface area contributed by atoms with E-state index in [4.69, 9.17) is 16.3 Å². The number of nitrogens with one attached hydrogen (secondary N) is 2. The summed E-state index contributed by atoms with van der Waals surface area (Å²) in [6.07, 6.45) is 2.03. The molecule has 3 heterocycles. The van der Waals surface area contributed by atoms with Crippen LogP contribution in [0.5, 0.6) is 5.75 Å². The summed E-state index contributed by atoms with van der Waals surface area (Å²) >= 11 is 6.36. The van der Waals surface area contributed by atoms with Gasteiger partial charge in [-0.15, -0.1) is 0 Å². The van der Waals surface area contributed by atoms with Gasteiger partial charge < -0.3 is 30.3 Å². The van der Waals surface area contributed by atoms with Gasteiger partial charge in [0.25, 0.3) is 5.91 Å². The summed E-state index contributed by atoms with van der Waals surface area (Å²) in [5.41, 5.74) is 1.05. The predicted molar refractivity (Wildman–Crippen MR) is 116 cm³/mol. The highest BCUT2D eigenvalue weighted by molar-refractivity contribution is 6.33. The molecule has 2 aliphatic heterocycles. The van der Waals surface area contributed by atoms with Crippen molar-refractivity contribution < 1.29 is 19.4 Å². The van der Waals surface area contributed by atoms with E-state index >= 15 is 0 Å². The van der Waals surface area contributed by atoms with Crippen LogP contribution in [0.1, 0.15) is 23.2 Å². The number of piperidine rings is 1. The lowest BCUT2D eigenvalue weighted by molar-refractivity contribution is 0.0963. The standard InChI is InChI=1S/C20H23ClN6O4/c1-22-19(28)12-2-3-15(14(21)10-12)25-17-16-18(24-11-23-17)27(8-9-31-16)13-4-6-26(7-5-13)20(29)30/h2-3,10-11,13H,4-9H2,1H3,(H,22,28)(H,29,30)(H,23,24,25). The Labute approximate surface area is 184 Å². The van der Waals surface area contributed by atoms with Gasteiger partial charge in [0.1, 0.15) is 12.9 Å². The zero-order chi connectivity index (χ0) is 22.0. The van der Waals surface area contributed by atoms with Crippen molar-refractivity contribution in [3.05, 3.63) is 35.1 Å². The Morgan fingerprint density at radius 2 is 2.00 bits per heavy atom. The molecule has 164 valence electrons. The zero-order valence-electron chi connectivity index (χ0n) is 17.0. The number of hydrogen-bond donors (Lipinski definition) is 3. The fourth-order valence-electron chi connectivity index (χ4n) is 3.90. The van der Waals surface area contributed by atoms with Gasteiger partial charge in [-0.1, -0.05) is 11.6 Å². The average Bonchev–Trinajstić information content (AvgIpc) is 2.79. The van der Waals surface area contributed by atoms with Gasteiger partial charge in [-0.2, -0.15) is 0 Å². The molecule has 1 fully saturated rings. The summed E-state index contributed by atoms with van der Waals surface area (Å²) in [6.45, 7) is 2.13. The highest BCUT2D eigenvalue weighted by Gasteiger charge is 2.32. The van der Waals surface area contributed by atoms with Gasteiger partial charge in [0.2, 0.25) is 5.75 Å². The number of hydrogen-bond acceptors (Lipinski definition) is 7. The van der Waals surface area contributed by atoms with Gasteiger partial charge in [-0.25, -0.2) is 14.8 Å². The number of amides is 2. The number of carboxylic acid groups (broad SMARTS) is 1. The summed E-state index contributed by atoms with van der Waals surface area (Å²) < 4.78 is 5.89. The molecule has 3 N–H and O–H groups in total. The van der Waals surface area contributed by atoms with Gasteiger partial charge in [0, 0.05) is 31.7 Å². The molecule has 10 nitrogen and oxygen atoms in total. The molecule has 0 aliphatic carbocycles. The molecule has 1 aromatic heterocycles. The van der Waals surface area contributed by atoms with Crippen molar-refractivity contribution in [2.75, 3.05) is 43.5 Å².